The highest BCUT2D eigenvalue weighted by molar-refractivity contribution is 5.83. The molecule has 5 heteroatoms. The molecule has 0 unspecified atom stereocenters. The number of aromatic nitrogens is 4. The number of halogens is 1. The summed E-state index contributed by atoms with van der Waals surface area (Å²) in [4.78, 5) is 12.2. The van der Waals surface area contributed by atoms with Crippen LogP contribution in [-0.4, -0.2) is 19.4 Å². The van der Waals surface area contributed by atoms with Gasteiger partial charge in [0, 0.05) is 43.8 Å². The van der Waals surface area contributed by atoms with E-state index in [9.17, 15) is 4.39 Å². The topological polar surface area (TPSA) is 43.1 Å². The summed E-state index contributed by atoms with van der Waals surface area (Å²) in [5, 5.41) is 0. The van der Waals surface area contributed by atoms with E-state index in [1.165, 1.54) is 12.4 Å². The molecule has 0 bridgehead atoms. The summed E-state index contributed by atoms with van der Waals surface area (Å²) in [7, 11) is 0. The SMILES string of the molecule is Fc1cc(C2=CCc3ncncc32)cn2ccnc12.[HH]. The van der Waals surface area contributed by atoms with Gasteiger partial charge in [0.15, 0.2) is 11.5 Å². The van der Waals surface area contributed by atoms with Crippen LogP contribution in [0.5, 0.6) is 0 Å². The van der Waals surface area contributed by atoms with Crippen LogP contribution in [0.1, 0.15) is 18.2 Å². The highest BCUT2D eigenvalue weighted by Crippen LogP contribution is 2.31. The Balaban J connectivity index is 0.00000121. The number of rotatable bonds is 1. The maximum atomic E-state index is 14.0. The van der Waals surface area contributed by atoms with E-state index in [0.717, 1.165) is 28.8 Å². The number of allylic oxidation sites excluding steroid dienone is 1. The van der Waals surface area contributed by atoms with Gasteiger partial charge in [-0.2, -0.15) is 0 Å². The molecule has 0 radical (unpaired) electrons. The first-order valence-corrected chi connectivity index (χ1v) is 5.95. The summed E-state index contributed by atoms with van der Waals surface area (Å²) < 4.78 is 15.7. The zero-order chi connectivity index (χ0) is 12.8. The standard InChI is InChI=1S/C14H9FN4.H2/c15-12-5-9(7-19-4-3-17-14(12)19)10-1-2-13-11(10)6-16-8-18-13;/h1,3-8H,2H2;1H. The number of hydrogen-bond donors (Lipinski definition) is 0. The van der Waals surface area contributed by atoms with Crippen LogP contribution < -0.4 is 0 Å². The molecule has 0 amide bonds. The number of fused-ring (bicyclic) bond motifs is 2. The Kier molecular flexibility index (Phi) is 2.03. The average molecular weight is 254 g/mol. The molecule has 0 atom stereocenters. The fourth-order valence-electron chi connectivity index (χ4n) is 2.46. The minimum Gasteiger partial charge on any atom is -0.304 e. The normalized spacial score (nSPS) is 13.6. The van der Waals surface area contributed by atoms with E-state index < -0.39 is 0 Å². The third-order valence-corrected chi connectivity index (χ3v) is 3.34. The summed E-state index contributed by atoms with van der Waals surface area (Å²) in [5.41, 5.74) is 4.09. The summed E-state index contributed by atoms with van der Waals surface area (Å²) in [6, 6.07) is 1.51. The Hall–Kier alpha value is -2.56. The van der Waals surface area contributed by atoms with Crippen LogP contribution in [0.4, 0.5) is 4.39 Å². The first-order chi connectivity index (χ1) is 9.33. The van der Waals surface area contributed by atoms with Gasteiger partial charge in [0.05, 0.1) is 5.69 Å². The number of imidazole rings is 1. The Bertz CT molecular complexity index is 825. The third-order valence-electron chi connectivity index (χ3n) is 3.34. The van der Waals surface area contributed by atoms with Gasteiger partial charge in [-0.1, -0.05) is 6.08 Å². The molecule has 1 aliphatic rings. The highest BCUT2D eigenvalue weighted by Gasteiger charge is 2.18. The quantitative estimate of drug-likeness (QED) is 0.670. The van der Waals surface area contributed by atoms with Crippen molar-refractivity contribution in [3.8, 4) is 0 Å². The molecule has 0 fully saturated rings. The van der Waals surface area contributed by atoms with Crippen LogP contribution in [0.15, 0.2) is 43.3 Å². The van der Waals surface area contributed by atoms with Crippen molar-refractivity contribution >= 4 is 11.2 Å². The van der Waals surface area contributed by atoms with Gasteiger partial charge in [0.1, 0.15) is 6.33 Å². The molecule has 3 heterocycles. The van der Waals surface area contributed by atoms with Gasteiger partial charge >= 0.3 is 0 Å². The van der Waals surface area contributed by atoms with Crippen molar-refractivity contribution in [2.45, 2.75) is 6.42 Å². The minimum absolute atomic E-state index is 0. The van der Waals surface area contributed by atoms with Crippen LogP contribution in [0, 0.1) is 5.82 Å². The molecule has 0 saturated heterocycles. The molecule has 1 aliphatic carbocycles. The molecule has 0 aromatic carbocycles. The lowest BCUT2D eigenvalue weighted by Crippen LogP contribution is -1.95. The van der Waals surface area contributed by atoms with Crippen molar-refractivity contribution in [2.24, 2.45) is 0 Å². The van der Waals surface area contributed by atoms with Crippen molar-refractivity contribution in [3.63, 3.8) is 0 Å². The lowest BCUT2D eigenvalue weighted by Gasteiger charge is -2.06. The van der Waals surface area contributed by atoms with E-state index in [1.807, 2.05) is 6.20 Å². The van der Waals surface area contributed by atoms with Gasteiger partial charge in [0.25, 0.3) is 0 Å². The Morgan fingerprint density at radius 2 is 2.26 bits per heavy atom. The van der Waals surface area contributed by atoms with Crippen LogP contribution in [0.3, 0.4) is 0 Å². The molecule has 4 rings (SSSR count). The first kappa shape index (κ1) is 10.4. The van der Waals surface area contributed by atoms with E-state index in [1.54, 1.807) is 23.0 Å². The zero-order valence-electron chi connectivity index (χ0n) is 9.92. The smallest absolute Gasteiger partial charge is 0.173 e. The lowest BCUT2D eigenvalue weighted by molar-refractivity contribution is 0.629. The monoisotopic (exact) mass is 254 g/mol. The second-order valence-electron chi connectivity index (χ2n) is 4.44. The average Bonchev–Trinajstić information content (AvgIpc) is 3.04. The van der Waals surface area contributed by atoms with Gasteiger partial charge in [-0.25, -0.2) is 19.3 Å². The second kappa shape index (κ2) is 3.71. The predicted molar refractivity (Wildman–Crippen MR) is 70.1 cm³/mol. The van der Waals surface area contributed by atoms with Gasteiger partial charge in [0.2, 0.25) is 0 Å². The second-order valence-corrected chi connectivity index (χ2v) is 4.44. The Labute approximate surface area is 109 Å². The van der Waals surface area contributed by atoms with Gasteiger partial charge in [-0.05, 0) is 11.6 Å². The molecule has 0 saturated carbocycles. The summed E-state index contributed by atoms with van der Waals surface area (Å²) in [5.74, 6) is -0.325. The largest absolute Gasteiger partial charge is 0.304 e. The van der Waals surface area contributed by atoms with Crippen LogP contribution in [-0.2, 0) is 6.42 Å². The molecule has 0 N–H and O–H groups in total. The lowest BCUT2D eigenvalue weighted by atomic mass is 10.0. The number of pyridine rings is 1. The van der Waals surface area contributed by atoms with Crippen LogP contribution in [0.25, 0.3) is 11.2 Å². The number of nitrogens with zero attached hydrogens (tertiary/aromatic N) is 4. The third kappa shape index (κ3) is 1.48. The fourth-order valence-corrected chi connectivity index (χ4v) is 2.46. The molecule has 0 spiro atoms. The zero-order valence-corrected chi connectivity index (χ0v) is 9.92. The van der Waals surface area contributed by atoms with Crippen molar-refractivity contribution in [1.82, 2.24) is 19.4 Å². The van der Waals surface area contributed by atoms with Gasteiger partial charge in [-0.15, -0.1) is 0 Å². The van der Waals surface area contributed by atoms with Crippen molar-refractivity contribution in [3.05, 3.63) is 65.9 Å². The van der Waals surface area contributed by atoms with Gasteiger partial charge < -0.3 is 4.40 Å². The molecular weight excluding hydrogens is 243 g/mol. The summed E-state index contributed by atoms with van der Waals surface area (Å²) in [6.45, 7) is 0. The molecule has 94 valence electrons. The number of hydrogen-bond acceptors (Lipinski definition) is 3. The van der Waals surface area contributed by atoms with Crippen molar-refractivity contribution < 1.29 is 5.82 Å². The van der Waals surface area contributed by atoms with E-state index in [4.69, 9.17) is 0 Å². The van der Waals surface area contributed by atoms with E-state index in [-0.39, 0.29) is 7.24 Å². The summed E-state index contributed by atoms with van der Waals surface area (Å²) >= 11 is 0. The molecule has 4 nitrogen and oxygen atoms in total. The molecule has 3 aromatic rings. The Morgan fingerprint density at radius 3 is 3.21 bits per heavy atom. The maximum Gasteiger partial charge on any atom is 0.173 e. The molecule has 19 heavy (non-hydrogen) atoms. The van der Waals surface area contributed by atoms with Gasteiger partial charge in [-0.3, -0.25) is 0 Å². The van der Waals surface area contributed by atoms with Crippen LogP contribution >= 0.6 is 0 Å². The first-order valence-electron chi connectivity index (χ1n) is 5.95. The Morgan fingerprint density at radius 1 is 1.32 bits per heavy atom. The highest BCUT2D eigenvalue weighted by atomic mass is 19.1. The van der Waals surface area contributed by atoms with Crippen LogP contribution in [0.2, 0.25) is 0 Å². The molecule has 3 aromatic heterocycles. The molecular formula is C14H11FN4. The minimum atomic E-state index is -0.325. The van der Waals surface area contributed by atoms with Crippen molar-refractivity contribution in [2.75, 3.05) is 0 Å². The van der Waals surface area contributed by atoms with E-state index in [2.05, 4.69) is 21.0 Å². The maximum absolute atomic E-state index is 14.0. The predicted octanol–water partition coefficient (Wildman–Crippen LogP) is 2.50. The summed E-state index contributed by atoms with van der Waals surface area (Å²) in [6.07, 6.45) is 11.3. The van der Waals surface area contributed by atoms with E-state index in [0.29, 0.717) is 5.65 Å². The molecule has 0 aliphatic heterocycles. The fraction of sp³-hybridized carbons (Fsp3) is 0.0714. The van der Waals surface area contributed by atoms with Crippen molar-refractivity contribution in [1.29, 1.82) is 0 Å². The van der Waals surface area contributed by atoms with E-state index >= 15 is 0 Å².